The molecule has 0 aliphatic carbocycles. The first kappa shape index (κ1) is 8.02. The zero-order valence-corrected chi connectivity index (χ0v) is 6.71. The van der Waals surface area contributed by atoms with Gasteiger partial charge in [0.1, 0.15) is 0 Å². The second-order valence-corrected chi connectivity index (χ2v) is 3.10. The molecule has 0 aromatic rings. The van der Waals surface area contributed by atoms with Gasteiger partial charge in [-0.3, -0.25) is 0 Å². The summed E-state index contributed by atoms with van der Waals surface area (Å²) in [5, 5.41) is 9.30. The Bertz CT molecular complexity index is 93.4. The Morgan fingerprint density at radius 2 is 2.20 bits per heavy atom. The molecule has 0 bridgehead atoms. The van der Waals surface area contributed by atoms with Crippen LogP contribution < -0.4 is 0 Å². The SMILES string of the molecule is CCC1C[C@H](O)CC(C)O1. The lowest BCUT2D eigenvalue weighted by molar-refractivity contribution is -0.0881. The zero-order valence-electron chi connectivity index (χ0n) is 6.71. The molecule has 10 heavy (non-hydrogen) atoms. The fraction of sp³-hybridized carbons (Fsp3) is 1.00. The molecule has 60 valence electrons. The number of hydrogen-bond acceptors (Lipinski definition) is 2. The Hall–Kier alpha value is -0.0800. The van der Waals surface area contributed by atoms with Crippen LogP contribution in [0, 0.1) is 0 Å². The topological polar surface area (TPSA) is 29.5 Å². The van der Waals surface area contributed by atoms with Gasteiger partial charge < -0.3 is 9.84 Å². The molecule has 2 unspecified atom stereocenters. The normalized spacial score (nSPS) is 41.7. The van der Waals surface area contributed by atoms with E-state index >= 15 is 0 Å². The fourth-order valence-electron chi connectivity index (χ4n) is 1.49. The fourth-order valence-corrected chi connectivity index (χ4v) is 1.49. The van der Waals surface area contributed by atoms with Gasteiger partial charge in [0.15, 0.2) is 0 Å². The molecule has 1 heterocycles. The van der Waals surface area contributed by atoms with Crippen molar-refractivity contribution in [3.8, 4) is 0 Å². The van der Waals surface area contributed by atoms with E-state index in [0.717, 1.165) is 19.3 Å². The van der Waals surface area contributed by atoms with Gasteiger partial charge in [0, 0.05) is 0 Å². The van der Waals surface area contributed by atoms with Crippen molar-refractivity contribution >= 4 is 0 Å². The van der Waals surface area contributed by atoms with Crippen LogP contribution in [0.1, 0.15) is 33.1 Å². The summed E-state index contributed by atoms with van der Waals surface area (Å²) in [5.74, 6) is 0. The predicted molar refractivity (Wildman–Crippen MR) is 39.9 cm³/mol. The molecule has 0 saturated carbocycles. The van der Waals surface area contributed by atoms with Crippen molar-refractivity contribution in [1.82, 2.24) is 0 Å². The molecule has 0 spiro atoms. The quantitative estimate of drug-likeness (QED) is 0.601. The molecule has 0 aromatic heterocycles. The van der Waals surface area contributed by atoms with Gasteiger partial charge in [-0.25, -0.2) is 0 Å². The van der Waals surface area contributed by atoms with E-state index in [1.54, 1.807) is 0 Å². The number of hydrogen-bond donors (Lipinski definition) is 1. The molecule has 0 radical (unpaired) electrons. The van der Waals surface area contributed by atoms with Crippen molar-refractivity contribution in [3.63, 3.8) is 0 Å². The largest absolute Gasteiger partial charge is 0.393 e. The maximum atomic E-state index is 9.30. The van der Waals surface area contributed by atoms with Crippen LogP contribution in [0.15, 0.2) is 0 Å². The minimum atomic E-state index is -0.131. The second-order valence-electron chi connectivity index (χ2n) is 3.10. The molecule has 1 aliphatic rings. The van der Waals surface area contributed by atoms with Crippen LogP contribution in [0.25, 0.3) is 0 Å². The summed E-state index contributed by atoms with van der Waals surface area (Å²) in [6.07, 6.45) is 3.04. The Morgan fingerprint density at radius 3 is 2.70 bits per heavy atom. The minimum absolute atomic E-state index is 0.131. The summed E-state index contributed by atoms with van der Waals surface area (Å²) in [5.41, 5.74) is 0. The molecular weight excluding hydrogens is 128 g/mol. The van der Waals surface area contributed by atoms with Crippen molar-refractivity contribution < 1.29 is 9.84 Å². The highest BCUT2D eigenvalue weighted by Crippen LogP contribution is 2.20. The van der Waals surface area contributed by atoms with Gasteiger partial charge in [-0.2, -0.15) is 0 Å². The Morgan fingerprint density at radius 1 is 1.50 bits per heavy atom. The van der Waals surface area contributed by atoms with Crippen molar-refractivity contribution in [3.05, 3.63) is 0 Å². The third kappa shape index (κ3) is 1.96. The van der Waals surface area contributed by atoms with E-state index in [-0.39, 0.29) is 12.2 Å². The average Bonchev–Trinajstić information content (AvgIpc) is 1.85. The van der Waals surface area contributed by atoms with Gasteiger partial charge >= 0.3 is 0 Å². The van der Waals surface area contributed by atoms with Crippen molar-refractivity contribution in [2.75, 3.05) is 0 Å². The maximum Gasteiger partial charge on any atom is 0.0600 e. The van der Waals surface area contributed by atoms with Crippen LogP contribution in [0.2, 0.25) is 0 Å². The van der Waals surface area contributed by atoms with Gasteiger partial charge in [-0.1, -0.05) is 6.92 Å². The molecule has 1 saturated heterocycles. The van der Waals surface area contributed by atoms with Crippen LogP contribution in [-0.4, -0.2) is 23.4 Å². The Kier molecular flexibility index (Phi) is 2.69. The lowest BCUT2D eigenvalue weighted by Crippen LogP contribution is -2.33. The molecule has 2 heteroatoms. The van der Waals surface area contributed by atoms with E-state index in [9.17, 15) is 5.11 Å². The first-order chi connectivity index (χ1) is 4.72. The molecule has 1 rings (SSSR count). The molecule has 1 aliphatic heterocycles. The smallest absolute Gasteiger partial charge is 0.0600 e. The summed E-state index contributed by atoms with van der Waals surface area (Å²) >= 11 is 0. The number of rotatable bonds is 1. The van der Waals surface area contributed by atoms with E-state index in [1.165, 1.54) is 0 Å². The van der Waals surface area contributed by atoms with E-state index < -0.39 is 0 Å². The third-order valence-electron chi connectivity index (χ3n) is 2.02. The summed E-state index contributed by atoms with van der Waals surface area (Å²) in [6.45, 7) is 4.11. The van der Waals surface area contributed by atoms with Gasteiger partial charge in [0.25, 0.3) is 0 Å². The predicted octanol–water partition coefficient (Wildman–Crippen LogP) is 1.32. The van der Waals surface area contributed by atoms with E-state index in [1.807, 2.05) is 6.92 Å². The van der Waals surface area contributed by atoms with E-state index in [4.69, 9.17) is 4.74 Å². The lowest BCUT2D eigenvalue weighted by atomic mass is 10.0. The molecule has 1 N–H and O–H groups in total. The van der Waals surface area contributed by atoms with E-state index in [2.05, 4.69) is 6.92 Å². The van der Waals surface area contributed by atoms with Gasteiger partial charge in [-0.15, -0.1) is 0 Å². The first-order valence-electron chi connectivity index (χ1n) is 4.06. The number of aliphatic hydroxyl groups is 1. The molecule has 0 aromatic carbocycles. The minimum Gasteiger partial charge on any atom is -0.393 e. The maximum absolute atomic E-state index is 9.30. The highest BCUT2D eigenvalue weighted by Gasteiger charge is 2.23. The van der Waals surface area contributed by atoms with Crippen LogP contribution in [-0.2, 0) is 4.74 Å². The molecule has 1 fully saturated rings. The van der Waals surface area contributed by atoms with Crippen LogP contribution >= 0.6 is 0 Å². The second kappa shape index (κ2) is 3.35. The Labute approximate surface area is 62.2 Å². The summed E-state index contributed by atoms with van der Waals surface area (Å²) in [7, 11) is 0. The van der Waals surface area contributed by atoms with Crippen molar-refractivity contribution in [1.29, 1.82) is 0 Å². The summed E-state index contributed by atoms with van der Waals surface area (Å²) in [6, 6.07) is 0. The highest BCUT2D eigenvalue weighted by atomic mass is 16.5. The number of ether oxygens (including phenoxy) is 1. The highest BCUT2D eigenvalue weighted by molar-refractivity contribution is 4.73. The van der Waals surface area contributed by atoms with Crippen molar-refractivity contribution in [2.45, 2.75) is 51.4 Å². The van der Waals surface area contributed by atoms with Crippen LogP contribution in [0.5, 0.6) is 0 Å². The van der Waals surface area contributed by atoms with Gasteiger partial charge in [-0.05, 0) is 26.2 Å². The van der Waals surface area contributed by atoms with Gasteiger partial charge in [0.05, 0.1) is 18.3 Å². The van der Waals surface area contributed by atoms with E-state index in [0.29, 0.717) is 6.10 Å². The summed E-state index contributed by atoms with van der Waals surface area (Å²) in [4.78, 5) is 0. The Balaban J connectivity index is 2.35. The van der Waals surface area contributed by atoms with Gasteiger partial charge in [0.2, 0.25) is 0 Å². The number of aliphatic hydroxyl groups excluding tert-OH is 1. The molecule has 2 nitrogen and oxygen atoms in total. The average molecular weight is 144 g/mol. The van der Waals surface area contributed by atoms with Crippen LogP contribution in [0.3, 0.4) is 0 Å². The standard InChI is InChI=1S/C8H16O2/c1-3-8-5-7(9)4-6(2)10-8/h6-9H,3-5H2,1-2H3/t6?,7-,8?/m1/s1. The molecular formula is C8H16O2. The lowest BCUT2D eigenvalue weighted by Gasteiger charge is -2.30. The zero-order chi connectivity index (χ0) is 7.56. The molecule has 3 atom stereocenters. The first-order valence-corrected chi connectivity index (χ1v) is 4.06. The van der Waals surface area contributed by atoms with Crippen molar-refractivity contribution in [2.24, 2.45) is 0 Å². The third-order valence-corrected chi connectivity index (χ3v) is 2.02. The molecule has 0 amide bonds. The van der Waals surface area contributed by atoms with Crippen LogP contribution in [0.4, 0.5) is 0 Å². The monoisotopic (exact) mass is 144 g/mol. The summed E-state index contributed by atoms with van der Waals surface area (Å²) < 4.78 is 5.55.